The topological polar surface area (TPSA) is 105 Å². The number of hydrogen-bond donors (Lipinski definition) is 3. The lowest BCUT2D eigenvalue weighted by atomic mass is 10.1. The Balaban J connectivity index is 2.37. The number of H-pyrrole nitrogens is 1. The first kappa shape index (κ1) is 14.4. The predicted molar refractivity (Wildman–Crippen MR) is 74.7 cm³/mol. The van der Waals surface area contributed by atoms with Gasteiger partial charge in [0.2, 0.25) is 11.5 Å². The third kappa shape index (κ3) is 3.14. The van der Waals surface area contributed by atoms with E-state index in [1.54, 1.807) is 0 Å². The number of halogens is 1. The zero-order chi connectivity index (χ0) is 15.6. The Morgan fingerprint density at radius 1 is 1.29 bits per heavy atom. The number of rotatable bonds is 3. The molecule has 1 heterocycles. The van der Waals surface area contributed by atoms with Gasteiger partial charge in [0.05, 0.1) is 0 Å². The van der Waals surface area contributed by atoms with Crippen molar-refractivity contribution in [1.29, 1.82) is 0 Å². The van der Waals surface area contributed by atoms with E-state index in [4.69, 9.17) is 5.73 Å². The molecule has 2 amide bonds. The number of carbonyl (C=O) groups is 2. The number of carbonyl (C=O) groups excluding carboxylic acids is 2. The summed E-state index contributed by atoms with van der Waals surface area (Å²) in [5.41, 5.74) is 4.89. The molecule has 2 rings (SSSR count). The molecule has 0 saturated carbocycles. The predicted octanol–water partition coefficient (Wildman–Crippen LogP) is 1.17. The number of nitrogens with two attached hydrogens (primary N) is 1. The first-order chi connectivity index (χ1) is 9.88. The van der Waals surface area contributed by atoms with Crippen LogP contribution in [0.3, 0.4) is 0 Å². The van der Waals surface area contributed by atoms with Crippen molar-refractivity contribution < 1.29 is 14.0 Å². The maximum Gasteiger partial charge on any atom is 0.272 e. The highest BCUT2D eigenvalue weighted by atomic mass is 19.1. The molecule has 0 fully saturated rings. The fourth-order valence-corrected chi connectivity index (χ4v) is 1.72. The Bertz CT molecular complexity index is 783. The highest BCUT2D eigenvalue weighted by Crippen LogP contribution is 2.21. The molecule has 0 aliphatic heterocycles. The van der Waals surface area contributed by atoms with Crippen LogP contribution >= 0.6 is 0 Å². The quantitative estimate of drug-likeness (QED) is 0.789. The summed E-state index contributed by atoms with van der Waals surface area (Å²) in [7, 11) is 0. The van der Waals surface area contributed by atoms with Gasteiger partial charge in [0.1, 0.15) is 11.5 Å². The molecule has 0 unspecified atom stereocenters. The average molecular weight is 289 g/mol. The summed E-state index contributed by atoms with van der Waals surface area (Å²) in [4.78, 5) is 36.6. The van der Waals surface area contributed by atoms with E-state index in [2.05, 4.69) is 10.3 Å². The molecular formula is C14H12FN3O3. The van der Waals surface area contributed by atoms with E-state index in [-0.39, 0.29) is 22.5 Å². The molecule has 2 aromatic rings. The van der Waals surface area contributed by atoms with Gasteiger partial charge in [-0.1, -0.05) is 6.07 Å². The third-order valence-electron chi connectivity index (χ3n) is 2.89. The van der Waals surface area contributed by atoms with Crippen molar-refractivity contribution in [3.05, 3.63) is 63.3 Å². The highest BCUT2D eigenvalue weighted by molar-refractivity contribution is 6.04. The van der Waals surface area contributed by atoms with Crippen molar-refractivity contribution in [1.82, 2.24) is 4.98 Å². The number of primary amides is 1. The number of nitrogens with one attached hydrogen (secondary N) is 2. The van der Waals surface area contributed by atoms with E-state index < -0.39 is 23.2 Å². The van der Waals surface area contributed by atoms with Crippen LogP contribution < -0.4 is 16.6 Å². The van der Waals surface area contributed by atoms with Gasteiger partial charge >= 0.3 is 0 Å². The van der Waals surface area contributed by atoms with Crippen LogP contribution in [0.25, 0.3) is 0 Å². The van der Waals surface area contributed by atoms with Crippen molar-refractivity contribution >= 4 is 17.5 Å². The molecule has 0 radical (unpaired) electrons. The van der Waals surface area contributed by atoms with Gasteiger partial charge in [-0.05, 0) is 25.1 Å². The van der Waals surface area contributed by atoms with Crippen LogP contribution in [-0.2, 0) is 0 Å². The zero-order valence-electron chi connectivity index (χ0n) is 11.1. The molecule has 0 saturated heterocycles. The van der Waals surface area contributed by atoms with Gasteiger partial charge in [-0.15, -0.1) is 0 Å². The van der Waals surface area contributed by atoms with Gasteiger partial charge in [0.15, 0.2) is 0 Å². The molecule has 0 spiro atoms. The number of amides is 2. The monoisotopic (exact) mass is 289 g/mol. The summed E-state index contributed by atoms with van der Waals surface area (Å²) in [6.45, 7) is 1.45. The van der Waals surface area contributed by atoms with Gasteiger partial charge in [0.25, 0.3) is 5.91 Å². The molecule has 7 heteroatoms. The number of benzene rings is 1. The van der Waals surface area contributed by atoms with E-state index >= 15 is 0 Å². The fraction of sp³-hybridized carbons (Fsp3) is 0.0714. The van der Waals surface area contributed by atoms with Crippen LogP contribution in [0.15, 0.2) is 35.1 Å². The molecule has 108 valence electrons. The second kappa shape index (κ2) is 5.58. The molecule has 0 aliphatic rings. The van der Waals surface area contributed by atoms with E-state index in [0.717, 1.165) is 6.07 Å². The molecule has 0 atom stereocenters. The molecule has 0 aliphatic carbocycles. The van der Waals surface area contributed by atoms with Crippen molar-refractivity contribution in [3.63, 3.8) is 0 Å². The summed E-state index contributed by atoms with van der Waals surface area (Å²) < 4.78 is 13.7. The van der Waals surface area contributed by atoms with Crippen LogP contribution in [0, 0.1) is 12.7 Å². The average Bonchev–Trinajstić information content (AvgIpc) is 2.43. The van der Waals surface area contributed by atoms with E-state index in [1.807, 2.05) is 0 Å². The maximum absolute atomic E-state index is 13.7. The summed E-state index contributed by atoms with van der Waals surface area (Å²) in [6, 6.07) is 6.36. The molecule has 1 aromatic carbocycles. The van der Waals surface area contributed by atoms with Crippen molar-refractivity contribution in [2.75, 3.05) is 5.32 Å². The Hall–Kier alpha value is -2.96. The standard InChI is InChI=1S/C14H12FN3O3/c1-7-9(15)5-8(13(16)20)6-11(7)18-14(21)10-3-2-4-12(19)17-10/h2-6H,1H3,(H2,16,20)(H,17,19)(H,18,21). The van der Waals surface area contributed by atoms with Crippen molar-refractivity contribution in [3.8, 4) is 0 Å². The third-order valence-corrected chi connectivity index (χ3v) is 2.89. The summed E-state index contributed by atoms with van der Waals surface area (Å²) in [5.74, 6) is -2.10. The zero-order valence-corrected chi connectivity index (χ0v) is 11.1. The van der Waals surface area contributed by atoms with E-state index in [0.29, 0.717) is 0 Å². The number of hydrogen-bond acceptors (Lipinski definition) is 3. The maximum atomic E-state index is 13.7. The second-order valence-electron chi connectivity index (χ2n) is 4.38. The van der Waals surface area contributed by atoms with Crippen LogP contribution in [0.2, 0.25) is 0 Å². The Morgan fingerprint density at radius 3 is 2.62 bits per heavy atom. The minimum Gasteiger partial charge on any atom is -0.366 e. The number of aromatic nitrogens is 1. The normalized spacial score (nSPS) is 10.2. The molecule has 6 nitrogen and oxygen atoms in total. The van der Waals surface area contributed by atoms with Crippen LogP contribution in [0.1, 0.15) is 26.4 Å². The minimum atomic E-state index is -0.808. The van der Waals surface area contributed by atoms with Gasteiger partial charge in [-0.2, -0.15) is 0 Å². The van der Waals surface area contributed by atoms with Gasteiger partial charge in [0, 0.05) is 22.9 Å². The van der Waals surface area contributed by atoms with Gasteiger partial charge < -0.3 is 16.0 Å². The largest absolute Gasteiger partial charge is 0.366 e. The van der Waals surface area contributed by atoms with Gasteiger partial charge in [-0.3, -0.25) is 14.4 Å². The molecular weight excluding hydrogens is 277 g/mol. The molecule has 21 heavy (non-hydrogen) atoms. The Morgan fingerprint density at radius 2 is 2.00 bits per heavy atom. The molecule has 1 aromatic heterocycles. The van der Waals surface area contributed by atoms with Crippen molar-refractivity contribution in [2.45, 2.75) is 6.92 Å². The Kier molecular flexibility index (Phi) is 3.84. The van der Waals surface area contributed by atoms with Crippen LogP contribution in [-0.4, -0.2) is 16.8 Å². The number of aromatic amines is 1. The first-order valence-electron chi connectivity index (χ1n) is 5.99. The van der Waals surface area contributed by atoms with Crippen LogP contribution in [0.5, 0.6) is 0 Å². The summed E-state index contributed by atoms with van der Waals surface area (Å²) >= 11 is 0. The molecule has 4 N–H and O–H groups in total. The molecule has 0 bridgehead atoms. The number of pyridine rings is 1. The lowest BCUT2D eigenvalue weighted by Crippen LogP contribution is -2.19. The smallest absolute Gasteiger partial charge is 0.272 e. The SMILES string of the molecule is Cc1c(F)cc(C(N)=O)cc1NC(=O)c1cccc(=O)[nH]1. The first-order valence-corrected chi connectivity index (χ1v) is 5.99. The lowest BCUT2D eigenvalue weighted by molar-refractivity contribution is 0.0995. The van der Waals surface area contributed by atoms with Crippen LogP contribution in [0.4, 0.5) is 10.1 Å². The fourth-order valence-electron chi connectivity index (χ4n) is 1.72. The van der Waals surface area contributed by atoms with E-state index in [9.17, 15) is 18.8 Å². The van der Waals surface area contributed by atoms with E-state index in [1.165, 1.54) is 31.2 Å². The summed E-state index contributed by atoms with van der Waals surface area (Å²) in [6.07, 6.45) is 0. The number of anilines is 1. The second-order valence-corrected chi connectivity index (χ2v) is 4.38. The Labute approximate surface area is 118 Å². The van der Waals surface area contributed by atoms with Gasteiger partial charge in [-0.25, -0.2) is 4.39 Å². The summed E-state index contributed by atoms with van der Waals surface area (Å²) in [5, 5.41) is 2.43. The van der Waals surface area contributed by atoms with Crippen molar-refractivity contribution in [2.24, 2.45) is 5.73 Å². The minimum absolute atomic E-state index is 0.0202. The lowest BCUT2D eigenvalue weighted by Gasteiger charge is -2.10. The highest BCUT2D eigenvalue weighted by Gasteiger charge is 2.14.